The maximum atomic E-state index is 12.9. The second-order valence-corrected chi connectivity index (χ2v) is 11.0. The molecule has 39 heavy (non-hydrogen) atoms. The molecule has 1 aliphatic heterocycles. The van der Waals surface area contributed by atoms with E-state index in [1.807, 2.05) is 31.2 Å². The predicted molar refractivity (Wildman–Crippen MR) is 146 cm³/mol. The van der Waals surface area contributed by atoms with Gasteiger partial charge in [0.15, 0.2) is 0 Å². The van der Waals surface area contributed by atoms with Gasteiger partial charge >= 0.3 is 0 Å². The summed E-state index contributed by atoms with van der Waals surface area (Å²) < 4.78 is 38.0. The van der Waals surface area contributed by atoms with Gasteiger partial charge in [0.1, 0.15) is 23.9 Å². The summed E-state index contributed by atoms with van der Waals surface area (Å²) >= 11 is 0. The van der Waals surface area contributed by atoms with E-state index in [4.69, 9.17) is 9.47 Å². The first kappa shape index (κ1) is 27.9. The SMILES string of the molecule is COc1ccc(COc2cccc(/C(O)=C/C(=O)C(=O)N3CCN(S(=O)(=O)c4ccc(C)cc4)CC3)c2)cc1. The lowest BCUT2D eigenvalue weighted by Gasteiger charge is -2.33. The number of piperazine rings is 1. The highest BCUT2D eigenvalue weighted by Crippen LogP contribution is 2.22. The van der Waals surface area contributed by atoms with E-state index in [-0.39, 0.29) is 36.8 Å². The van der Waals surface area contributed by atoms with Crippen molar-refractivity contribution >= 4 is 27.5 Å². The van der Waals surface area contributed by atoms with Crippen LogP contribution in [0.15, 0.2) is 83.8 Å². The second kappa shape index (κ2) is 12.1. The van der Waals surface area contributed by atoms with Gasteiger partial charge < -0.3 is 19.5 Å². The van der Waals surface area contributed by atoms with Crippen LogP contribution in [-0.4, -0.2) is 67.7 Å². The largest absolute Gasteiger partial charge is 0.507 e. The van der Waals surface area contributed by atoms with Crippen molar-refractivity contribution in [2.45, 2.75) is 18.4 Å². The summed E-state index contributed by atoms with van der Waals surface area (Å²) in [6.45, 7) is 2.44. The number of aliphatic hydroxyl groups is 1. The zero-order chi connectivity index (χ0) is 28.0. The summed E-state index contributed by atoms with van der Waals surface area (Å²) in [4.78, 5) is 26.8. The van der Waals surface area contributed by atoms with Crippen molar-refractivity contribution in [1.29, 1.82) is 0 Å². The Morgan fingerprint density at radius 2 is 1.59 bits per heavy atom. The maximum absolute atomic E-state index is 12.9. The highest BCUT2D eigenvalue weighted by molar-refractivity contribution is 7.89. The number of aryl methyl sites for hydroxylation is 1. The van der Waals surface area contributed by atoms with Gasteiger partial charge in [-0.2, -0.15) is 4.31 Å². The summed E-state index contributed by atoms with van der Waals surface area (Å²) in [7, 11) is -2.10. The highest BCUT2D eigenvalue weighted by atomic mass is 32.2. The number of carbonyl (C=O) groups is 2. The van der Waals surface area contributed by atoms with Crippen molar-refractivity contribution in [2.75, 3.05) is 33.3 Å². The van der Waals surface area contributed by atoms with E-state index in [0.29, 0.717) is 17.9 Å². The molecule has 9 nitrogen and oxygen atoms in total. The standard InChI is InChI=1S/C29H30N2O7S/c1-21-6-12-26(13-7-21)39(35,36)31-16-14-30(15-17-31)29(34)28(33)19-27(32)23-4-3-5-25(18-23)38-20-22-8-10-24(37-2)11-9-22/h3-13,18-19,32H,14-17,20H2,1-2H3/b27-19-. The van der Waals surface area contributed by atoms with Crippen LogP contribution in [0.1, 0.15) is 16.7 Å². The number of methoxy groups -OCH3 is 1. The summed E-state index contributed by atoms with van der Waals surface area (Å²) in [6, 6.07) is 20.5. The topological polar surface area (TPSA) is 113 Å². The Hall–Kier alpha value is -4.15. The number of ketones is 1. The zero-order valence-electron chi connectivity index (χ0n) is 21.7. The molecule has 1 saturated heterocycles. The zero-order valence-corrected chi connectivity index (χ0v) is 22.6. The molecule has 0 aliphatic carbocycles. The van der Waals surface area contributed by atoms with Crippen molar-refractivity contribution in [1.82, 2.24) is 9.21 Å². The van der Waals surface area contributed by atoms with Crippen LogP contribution in [0.25, 0.3) is 5.76 Å². The molecule has 4 rings (SSSR count). The second-order valence-electron chi connectivity index (χ2n) is 9.07. The number of hydrogen-bond donors (Lipinski definition) is 1. The van der Waals surface area contributed by atoms with Gasteiger partial charge in [-0.1, -0.05) is 42.0 Å². The molecular formula is C29H30N2O7S. The van der Waals surface area contributed by atoms with E-state index in [2.05, 4.69) is 0 Å². The van der Waals surface area contributed by atoms with Crippen LogP contribution in [0, 0.1) is 6.92 Å². The Labute approximate surface area is 227 Å². The van der Waals surface area contributed by atoms with Gasteiger partial charge in [0.25, 0.3) is 5.91 Å². The highest BCUT2D eigenvalue weighted by Gasteiger charge is 2.31. The number of aliphatic hydroxyl groups excluding tert-OH is 1. The van der Waals surface area contributed by atoms with Gasteiger partial charge in [-0.05, 0) is 48.9 Å². The maximum Gasteiger partial charge on any atom is 0.294 e. The van der Waals surface area contributed by atoms with Crippen molar-refractivity contribution in [3.63, 3.8) is 0 Å². The lowest BCUT2D eigenvalue weighted by Crippen LogP contribution is -2.51. The van der Waals surface area contributed by atoms with Gasteiger partial charge in [0.2, 0.25) is 15.8 Å². The molecule has 0 unspecified atom stereocenters. The minimum absolute atomic E-state index is 0.0680. The van der Waals surface area contributed by atoms with E-state index in [0.717, 1.165) is 23.0 Å². The molecule has 0 aromatic heterocycles. The van der Waals surface area contributed by atoms with E-state index >= 15 is 0 Å². The summed E-state index contributed by atoms with van der Waals surface area (Å²) in [5.74, 6) is -0.853. The third-order valence-electron chi connectivity index (χ3n) is 6.36. The smallest absolute Gasteiger partial charge is 0.294 e. The van der Waals surface area contributed by atoms with Gasteiger partial charge in [0.05, 0.1) is 12.0 Å². The molecule has 0 atom stereocenters. The van der Waals surface area contributed by atoms with Crippen LogP contribution in [0.3, 0.4) is 0 Å². The first-order valence-corrected chi connectivity index (χ1v) is 13.8. The minimum Gasteiger partial charge on any atom is -0.507 e. The molecule has 0 spiro atoms. The normalized spacial score (nSPS) is 14.6. The average molecular weight is 551 g/mol. The molecule has 0 radical (unpaired) electrons. The fraction of sp³-hybridized carbons (Fsp3) is 0.241. The number of sulfonamides is 1. The summed E-state index contributed by atoms with van der Waals surface area (Å²) in [5.41, 5.74) is 2.19. The van der Waals surface area contributed by atoms with Crippen molar-refractivity contribution < 1.29 is 32.6 Å². The lowest BCUT2D eigenvalue weighted by molar-refractivity contribution is -0.143. The molecular weight excluding hydrogens is 520 g/mol. The van der Waals surface area contributed by atoms with E-state index in [9.17, 15) is 23.1 Å². The lowest BCUT2D eigenvalue weighted by atomic mass is 10.1. The molecule has 204 valence electrons. The Bertz CT molecular complexity index is 1460. The van der Waals surface area contributed by atoms with Crippen molar-refractivity contribution in [3.05, 3.63) is 95.6 Å². The van der Waals surface area contributed by atoms with E-state index in [1.54, 1.807) is 55.6 Å². The number of carbonyl (C=O) groups excluding carboxylic acids is 2. The number of ether oxygens (including phenoxy) is 2. The fourth-order valence-electron chi connectivity index (χ4n) is 4.05. The quantitative estimate of drug-likeness (QED) is 0.246. The molecule has 1 fully saturated rings. The molecule has 3 aromatic carbocycles. The fourth-order valence-corrected chi connectivity index (χ4v) is 5.47. The van der Waals surface area contributed by atoms with Crippen LogP contribution >= 0.6 is 0 Å². The van der Waals surface area contributed by atoms with Gasteiger partial charge in [-0.3, -0.25) is 9.59 Å². The summed E-state index contributed by atoms with van der Waals surface area (Å²) in [6.07, 6.45) is 0.875. The molecule has 3 aromatic rings. The Kier molecular flexibility index (Phi) is 8.68. The van der Waals surface area contributed by atoms with Crippen LogP contribution < -0.4 is 9.47 Å². The minimum atomic E-state index is -3.69. The van der Waals surface area contributed by atoms with Crippen LogP contribution in [0.4, 0.5) is 0 Å². The molecule has 10 heteroatoms. The molecule has 1 amide bonds. The first-order chi connectivity index (χ1) is 18.7. The van der Waals surface area contributed by atoms with Gasteiger partial charge in [0, 0.05) is 37.8 Å². The van der Waals surface area contributed by atoms with Crippen LogP contribution in [0.5, 0.6) is 11.5 Å². The molecule has 1 aliphatic rings. The van der Waals surface area contributed by atoms with Gasteiger partial charge in [-0.15, -0.1) is 0 Å². The van der Waals surface area contributed by atoms with Crippen molar-refractivity contribution in [2.24, 2.45) is 0 Å². The predicted octanol–water partition coefficient (Wildman–Crippen LogP) is 3.58. The Morgan fingerprint density at radius 1 is 0.923 bits per heavy atom. The number of benzene rings is 3. The van der Waals surface area contributed by atoms with E-state index < -0.39 is 21.7 Å². The first-order valence-electron chi connectivity index (χ1n) is 12.3. The summed E-state index contributed by atoms with van der Waals surface area (Å²) in [5, 5.41) is 10.5. The molecule has 0 saturated carbocycles. The van der Waals surface area contributed by atoms with Crippen molar-refractivity contribution in [3.8, 4) is 11.5 Å². The molecule has 0 bridgehead atoms. The average Bonchev–Trinajstić information content (AvgIpc) is 2.96. The molecule has 1 N–H and O–H groups in total. The Balaban J connectivity index is 1.34. The van der Waals surface area contributed by atoms with Crippen LogP contribution in [0.2, 0.25) is 0 Å². The molecule has 1 heterocycles. The number of amides is 1. The number of hydrogen-bond acceptors (Lipinski definition) is 7. The van der Waals surface area contributed by atoms with E-state index in [1.165, 1.54) is 9.21 Å². The van der Waals surface area contributed by atoms with Gasteiger partial charge in [-0.25, -0.2) is 8.42 Å². The van der Waals surface area contributed by atoms with Crippen LogP contribution in [-0.2, 0) is 26.2 Å². The number of nitrogens with zero attached hydrogens (tertiary/aromatic N) is 2. The number of rotatable bonds is 9. The Morgan fingerprint density at radius 3 is 2.23 bits per heavy atom. The third kappa shape index (κ3) is 6.84. The third-order valence-corrected chi connectivity index (χ3v) is 8.27. The monoisotopic (exact) mass is 550 g/mol.